The van der Waals surface area contributed by atoms with Gasteiger partial charge >= 0.3 is 0 Å². The minimum absolute atomic E-state index is 0.00201. The van der Waals surface area contributed by atoms with E-state index in [0.29, 0.717) is 43.5 Å². The fourth-order valence-electron chi connectivity index (χ4n) is 12.6. The predicted octanol–water partition coefficient (Wildman–Crippen LogP) is 1.92. The van der Waals surface area contributed by atoms with Crippen molar-refractivity contribution < 1.29 is 62.6 Å². The Kier molecular flexibility index (Phi) is 28.4. The molecule has 0 spiro atoms. The lowest BCUT2D eigenvalue weighted by Gasteiger charge is -2.39. The van der Waals surface area contributed by atoms with Crippen molar-refractivity contribution in [2.45, 2.75) is 186 Å². The Balaban J connectivity index is 1.59. The van der Waals surface area contributed by atoms with E-state index in [1.54, 1.807) is 56.3 Å². The van der Waals surface area contributed by atoms with Crippen molar-refractivity contribution in [3.63, 3.8) is 0 Å². The van der Waals surface area contributed by atoms with Gasteiger partial charge < -0.3 is 65.2 Å². The van der Waals surface area contributed by atoms with Crippen molar-refractivity contribution >= 4 is 70.9 Å². The number of fused-ring (bicyclic) bond motifs is 1. The predicted molar refractivity (Wildman–Crippen MR) is 350 cm³/mol. The van der Waals surface area contributed by atoms with Gasteiger partial charge in [-0.1, -0.05) is 102 Å². The number of hydrogen-bond acceptors (Lipinski definition) is 13. The second kappa shape index (κ2) is 34.8. The molecule has 0 unspecified atom stereocenters. The van der Waals surface area contributed by atoms with Crippen LogP contribution < -0.4 is 16.0 Å². The fraction of sp³-hybridized carbons (Fsp3) is 0.647. The van der Waals surface area contributed by atoms with E-state index >= 15 is 19.2 Å². The Labute approximate surface area is 549 Å². The lowest BCUT2D eigenvalue weighted by molar-refractivity contribution is -0.155. The number of nitrogens with zero attached hydrogens (tertiary/aromatic N) is 9. The number of aliphatic hydroxyl groups excluding tert-OH is 1. The maximum atomic E-state index is 15.3. The van der Waals surface area contributed by atoms with E-state index in [2.05, 4.69) is 16.0 Å². The topological polar surface area (TPSA) is 290 Å². The molecule has 10 atom stereocenters. The molecular formula is C68H104N12O13. The van der Waals surface area contributed by atoms with Crippen LogP contribution in [0, 0.1) is 17.8 Å². The van der Waals surface area contributed by atoms with Crippen molar-refractivity contribution in [2.24, 2.45) is 17.8 Å². The SMILES string of the molecule is CC(C)C[C@H]1C(=O)N[C@@H](C)C(=O)N(C)[C@@H](Cc2ccccc2)C(=O)N2CCC[C@H]2C(=O)N(C)[C@@H](CC(C)C)C(=O)N(C)[C@@H](C(C)C)C(=O)N[C@H](C(=O)N2CCCCC2)C(=O)N(C)CCCC(=O)N[C@@H]([C@@H](C)O)C(=O)N(C)CC(=O)N(C)[C@@H](Cc2ccccc2)C(=O)N1C. The summed E-state index contributed by atoms with van der Waals surface area (Å²) in [6.45, 7) is 13.8. The Bertz CT molecular complexity index is 2940. The Morgan fingerprint density at radius 3 is 1.56 bits per heavy atom. The zero-order chi connectivity index (χ0) is 69.3. The highest BCUT2D eigenvalue weighted by molar-refractivity contribution is 6.08. The van der Waals surface area contributed by atoms with Gasteiger partial charge in [0.2, 0.25) is 59.1 Å². The Morgan fingerprint density at radius 1 is 0.505 bits per heavy atom. The fourth-order valence-corrected chi connectivity index (χ4v) is 12.6. The smallest absolute Gasteiger partial charge is 0.254 e. The zero-order valence-corrected chi connectivity index (χ0v) is 57.5. The number of hydrogen-bond donors (Lipinski definition) is 4. The molecule has 3 aliphatic heterocycles. The molecule has 0 bridgehead atoms. The third-order valence-corrected chi connectivity index (χ3v) is 18.1. The summed E-state index contributed by atoms with van der Waals surface area (Å²) in [4.78, 5) is 188. The lowest BCUT2D eigenvalue weighted by atomic mass is 9.96. The molecule has 25 heteroatoms. The summed E-state index contributed by atoms with van der Waals surface area (Å²) in [5.74, 6) is -9.06. The molecule has 4 N–H and O–H groups in total. The number of aliphatic hydroxyl groups is 1. The average molecular weight is 1300 g/mol. The number of benzene rings is 2. The monoisotopic (exact) mass is 1300 g/mol. The van der Waals surface area contributed by atoms with Crippen LogP contribution in [0.5, 0.6) is 0 Å². The van der Waals surface area contributed by atoms with Crippen LogP contribution in [0.25, 0.3) is 0 Å². The molecule has 3 heterocycles. The first kappa shape index (κ1) is 75.8. The van der Waals surface area contributed by atoms with E-state index in [9.17, 15) is 43.5 Å². The third-order valence-electron chi connectivity index (χ3n) is 18.1. The normalized spacial score (nSPS) is 26.0. The van der Waals surface area contributed by atoms with Crippen LogP contribution in [0.3, 0.4) is 0 Å². The summed E-state index contributed by atoms with van der Waals surface area (Å²) >= 11 is 0. The molecule has 3 fully saturated rings. The van der Waals surface area contributed by atoms with E-state index in [-0.39, 0.29) is 69.9 Å². The van der Waals surface area contributed by atoms with Gasteiger partial charge in [-0.3, -0.25) is 57.5 Å². The highest BCUT2D eigenvalue weighted by Crippen LogP contribution is 2.27. The summed E-state index contributed by atoms with van der Waals surface area (Å²) in [6, 6.07) is 6.22. The van der Waals surface area contributed by atoms with Crippen molar-refractivity contribution in [3.8, 4) is 0 Å². The standard InChI is InChI=1S/C68H104N12O13/c1-42(2)37-50-59(84)69-45(7)61(86)76(13)53(40-48-29-21-17-22-30-48)65(90)80-36-25-31-49(80)62(87)77(14)51(38-43(3)4)64(89)78(15)58(44(5)6)60(85)71-57(68(93)79-34-23-18-24-35-79)67(92)72(9)33-26-32-54(82)70-56(46(8)81)66(91)73(10)41-55(83)74(11)52(63(88)75(50)12)39-47-27-19-16-20-28-47/h16-17,19-22,27-30,42-46,49-53,56-58,81H,18,23-26,31-41H2,1-15H3,(H,69,84)(H,70,82)(H,71,85)/t45-,46+,49-,50-,51-,52-,53-,56-,57-,58-/m0/s1. The van der Waals surface area contributed by atoms with Gasteiger partial charge in [-0.25, -0.2) is 0 Å². The molecule has 12 amide bonds. The Hall–Kier alpha value is -7.96. The number of piperidine rings is 1. The molecule has 2 aromatic carbocycles. The van der Waals surface area contributed by atoms with Crippen molar-refractivity contribution in [2.75, 3.05) is 82.1 Å². The molecule has 5 rings (SSSR count). The number of nitrogens with one attached hydrogen (secondary N) is 3. The first-order valence-electron chi connectivity index (χ1n) is 32.9. The first-order valence-corrected chi connectivity index (χ1v) is 32.9. The molecule has 0 saturated carbocycles. The lowest BCUT2D eigenvalue weighted by Crippen LogP contribution is -2.63. The van der Waals surface area contributed by atoms with Gasteiger partial charge in [-0.05, 0) is 94.1 Å². The van der Waals surface area contributed by atoms with E-state index in [1.807, 2.05) is 45.9 Å². The minimum atomic E-state index is -1.74. The van der Waals surface area contributed by atoms with E-state index < -0.39 is 144 Å². The molecular weight excluding hydrogens is 1190 g/mol. The summed E-state index contributed by atoms with van der Waals surface area (Å²) < 4.78 is 0. The molecule has 93 heavy (non-hydrogen) atoms. The highest BCUT2D eigenvalue weighted by atomic mass is 16.3. The molecule has 0 aliphatic carbocycles. The van der Waals surface area contributed by atoms with Crippen LogP contribution in [-0.2, 0) is 70.4 Å². The second-order valence-electron chi connectivity index (χ2n) is 26.8. The van der Waals surface area contributed by atoms with Crippen LogP contribution in [0.15, 0.2) is 60.7 Å². The van der Waals surface area contributed by atoms with Gasteiger partial charge in [0.05, 0.1) is 12.6 Å². The van der Waals surface area contributed by atoms with Crippen LogP contribution in [0.4, 0.5) is 0 Å². The summed E-state index contributed by atoms with van der Waals surface area (Å²) in [5, 5.41) is 19.0. The van der Waals surface area contributed by atoms with Gasteiger partial charge in [0.15, 0.2) is 6.04 Å². The highest BCUT2D eigenvalue weighted by Gasteiger charge is 2.46. The first-order chi connectivity index (χ1) is 43.8. The van der Waals surface area contributed by atoms with Gasteiger partial charge in [-0.15, -0.1) is 0 Å². The molecule has 2 aromatic rings. The van der Waals surface area contributed by atoms with Crippen molar-refractivity contribution in [1.29, 1.82) is 0 Å². The van der Waals surface area contributed by atoms with Crippen LogP contribution in [-0.4, -0.2) is 263 Å². The summed E-state index contributed by atoms with van der Waals surface area (Å²) in [7, 11) is 9.93. The van der Waals surface area contributed by atoms with E-state index in [0.717, 1.165) is 11.3 Å². The van der Waals surface area contributed by atoms with Crippen molar-refractivity contribution in [1.82, 2.24) is 60.0 Å². The quantitative estimate of drug-likeness (QED) is 0.234. The largest absolute Gasteiger partial charge is 0.391 e. The Morgan fingerprint density at radius 2 is 1.02 bits per heavy atom. The molecule has 0 aromatic heterocycles. The zero-order valence-electron chi connectivity index (χ0n) is 57.5. The molecule has 3 aliphatic rings. The minimum Gasteiger partial charge on any atom is -0.391 e. The van der Waals surface area contributed by atoms with Crippen LogP contribution >= 0.6 is 0 Å². The molecule has 25 nitrogen and oxygen atoms in total. The maximum Gasteiger partial charge on any atom is 0.254 e. The number of carbonyl (C=O) groups excluding carboxylic acids is 12. The van der Waals surface area contributed by atoms with E-state index in [4.69, 9.17) is 0 Å². The number of amides is 12. The van der Waals surface area contributed by atoms with Gasteiger partial charge in [0.25, 0.3) is 11.8 Å². The summed E-state index contributed by atoms with van der Waals surface area (Å²) in [5.41, 5.74) is 1.37. The third kappa shape index (κ3) is 20.0. The van der Waals surface area contributed by atoms with Crippen LogP contribution in [0.2, 0.25) is 0 Å². The van der Waals surface area contributed by atoms with Gasteiger partial charge in [0, 0.05) is 94.8 Å². The number of likely N-dealkylation sites (N-methyl/N-ethyl adjacent to an activating group) is 7. The molecule has 0 radical (unpaired) electrons. The van der Waals surface area contributed by atoms with Crippen molar-refractivity contribution in [3.05, 3.63) is 71.8 Å². The average Bonchev–Trinajstić information content (AvgIpc) is 1.82. The number of likely N-dealkylation sites (tertiary alicyclic amines) is 1. The number of carbonyl (C=O) groups is 12. The van der Waals surface area contributed by atoms with Crippen LogP contribution in [0.1, 0.15) is 124 Å². The molecule has 3 saturated heterocycles. The summed E-state index contributed by atoms with van der Waals surface area (Å²) in [6.07, 6.45) is 1.40. The maximum absolute atomic E-state index is 15.3. The van der Waals surface area contributed by atoms with Gasteiger partial charge in [-0.2, -0.15) is 0 Å². The number of rotatable bonds is 11. The van der Waals surface area contributed by atoms with E-state index in [1.165, 1.54) is 102 Å². The second-order valence-corrected chi connectivity index (χ2v) is 26.8. The van der Waals surface area contributed by atoms with Gasteiger partial charge in [0.1, 0.15) is 48.3 Å². The molecule has 514 valence electrons.